The summed E-state index contributed by atoms with van der Waals surface area (Å²) >= 11 is 0. The lowest BCUT2D eigenvalue weighted by Gasteiger charge is -2.34. The smallest absolute Gasteiger partial charge is 0.239 e. The van der Waals surface area contributed by atoms with E-state index < -0.39 is 0 Å². The van der Waals surface area contributed by atoms with Gasteiger partial charge in [-0.1, -0.05) is 11.2 Å². The predicted molar refractivity (Wildman–Crippen MR) is 101 cm³/mol. The number of anilines is 1. The van der Waals surface area contributed by atoms with Crippen LogP contribution in [0.2, 0.25) is 0 Å². The van der Waals surface area contributed by atoms with Crippen LogP contribution in [0.25, 0.3) is 0 Å². The van der Waals surface area contributed by atoms with Crippen molar-refractivity contribution >= 4 is 11.7 Å². The van der Waals surface area contributed by atoms with E-state index in [1.165, 1.54) is 0 Å². The van der Waals surface area contributed by atoms with Gasteiger partial charge in [-0.2, -0.15) is 0 Å². The van der Waals surface area contributed by atoms with Gasteiger partial charge >= 0.3 is 0 Å². The van der Waals surface area contributed by atoms with E-state index in [1.807, 2.05) is 18.2 Å². The van der Waals surface area contributed by atoms with Crippen molar-refractivity contribution in [3.05, 3.63) is 35.6 Å². The molecule has 0 unspecified atom stereocenters. The number of hydrogen-bond acceptors (Lipinski definition) is 7. The molecule has 0 bridgehead atoms. The van der Waals surface area contributed by atoms with Crippen LogP contribution in [0.3, 0.4) is 0 Å². The van der Waals surface area contributed by atoms with E-state index in [0.717, 1.165) is 49.8 Å². The zero-order valence-electron chi connectivity index (χ0n) is 16.0. The Morgan fingerprint density at radius 1 is 1.15 bits per heavy atom. The van der Waals surface area contributed by atoms with Crippen molar-refractivity contribution in [2.24, 2.45) is 0 Å². The van der Waals surface area contributed by atoms with Crippen LogP contribution in [0.5, 0.6) is 11.5 Å². The van der Waals surface area contributed by atoms with Gasteiger partial charge in [-0.15, -0.1) is 0 Å². The first-order valence-corrected chi connectivity index (χ1v) is 8.96. The number of carbonyl (C=O) groups is 1. The van der Waals surface area contributed by atoms with Gasteiger partial charge in [-0.25, -0.2) is 0 Å². The van der Waals surface area contributed by atoms with E-state index >= 15 is 0 Å². The third kappa shape index (κ3) is 5.21. The van der Waals surface area contributed by atoms with Gasteiger partial charge in [0.1, 0.15) is 17.3 Å². The highest BCUT2D eigenvalue weighted by Crippen LogP contribution is 2.26. The number of methoxy groups -OCH3 is 2. The molecular formula is C19H26N4O4. The van der Waals surface area contributed by atoms with Gasteiger partial charge in [0.25, 0.3) is 0 Å². The number of nitrogens with one attached hydrogen (secondary N) is 1. The van der Waals surface area contributed by atoms with Gasteiger partial charge in [0, 0.05) is 50.4 Å². The predicted octanol–water partition coefficient (Wildman–Crippen LogP) is 1.76. The minimum absolute atomic E-state index is 0.0754. The number of piperazine rings is 1. The minimum Gasteiger partial charge on any atom is -0.497 e. The number of hydrogen-bond donors (Lipinski definition) is 1. The third-order valence-corrected chi connectivity index (χ3v) is 4.62. The maximum Gasteiger partial charge on any atom is 0.239 e. The largest absolute Gasteiger partial charge is 0.497 e. The van der Waals surface area contributed by atoms with Crippen molar-refractivity contribution in [2.45, 2.75) is 13.5 Å². The molecule has 27 heavy (non-hydrogen) atoms. The number of nitrogens with zero attached hydrogens (tertiary/aromatic N) is 3. The Balaban J connectivity index is 1.47. The molecule has 0 aliphatic carbocycles. The van der Waals surface area contributed by atoms with E-state index in [1.54, 1.807) is 27.2 Å². The zero-order chi connectivity index (χ0) is 19.2. The van der Waals surface area contributed by atoms with Crippen LogP contribution in [0.15, 0.2) is 28.8 Å². The highest BCUT2D eigenvalue weighted by atomic mass is 16.5. The number of benzene rings is 1. The van der Waals surface area contributed by atoms with Gasteiger partial charge < -0.3 is 19.3 Å². The fourth-order valence-corrected chi connectivity index (χ4v) is 3.14. The molecular weight excluding hydrogens is 348 g/mol. The Morgan fingerprint density at radius 2 is 1.89 bits per heavy atom. The highest BCUT2D eigenvalue weighted by Gasteiger charge is 2.20. The summed E-state index contributed by atoms with van der Waals surface area (Å²) in [5.41, 5.74) is 1.13. The standard InChI is InChI=1S/C19H26N4O4/c1-14-10-18(21-27-14)20-19(24)13-23-8-6-22(7-9-23)12-15-4-5-16(25-2)11-17(15)26-3/h4-5,10-11H,6-9,12-13H2,1-3H3,(H,20,21,24). The molecule has 1 aromatic heterocycles. The molecule has 0 radical (unpaired) electrons. The Bertz CT molecular complexity index is 769. The molecule has 2 heterocycles. The van der Waals surface area contributed by atoms with Gasteiger partial charge in [-0.05, 0) is 13.0 Å². The summed E-state index contributed by atoms with van der Waals surface area (Å²) in [6, 6.07) is 7.60. The second kappa shape index (κ2) is 8.88. The molecule has 1 amide bonds. The first kappa shape index (κ1) is 19.2. The summed E-state index contributed by atoms with van der Waals surface area (Å²) < 4.78 is 15.7. The average Bonchev–Trinajstić information content (AvgIpc) is 3.08. The van der Waals surface area contributed by atoms with E-state index in [0.29, 0.717) is 18.1 Å². The Kier molecular flexibility index (Phi) is 6.31. The number of carbonyl (C=O) groups excluding carboxylic acids is 1. The van der Waals surface area contributed by atoms with Crippen LogP contribution in [-0.2, 0) is 11.3 Å². The molecule has 1 aliphatic heterocycles. The summed E-state index contributed by atoms with van der Waals surface area (Å²) in [6.07, 6.45) is 0. The minimum atomic E-state index is -0.0754. The monoisotopic (exact) mass is 374 g/mol. The summed E-state index contributed by atoms with van der Waals surface area (Å²) in [4.78, 5) is 16.6. The number of ether oxygens (including phenoxy) is 2. The summed E-state index contributed by atoms with van der Waals surface area (Å²) in [5.74, 6) is 2.68. The van der Waals surface area contributed by atoms with Crippen molar-refractivity contribution in [3.63, 3.8) is 0 Å². The normalized spacial score (nSPS) is 15.5. The molecule has 0 spiro atoms. The van der Waals surface area contributed by atoms with Crippen molar-refractivity contribution in [2.75, 3.05) is 52.3 Å². The fourth-order valence-electron chi connectivity index (χ4n) is 3.14. The number of aryl methyl sites for hydroxylation is 1. The SMILES string of the molecule is COc1ccc(CN2CCN(CC(=O)Nc3cc(C)on3)CC2)c(OC)c1. The molecule has 146 valence electrons. The molecule has 1 N–H and O–H groups in total. The molecule has 8 nitrogen and oxygen atoms in total. The maximum absolute atomic E-state index is 12.1. The van der Waals surface area contributed by atoms with E-state index in [9.17, 15) is 4.79 Å². The lowest BCUT2D eigenvalue weighted by molar-refractivity contribution is -0.117. The Labute approximate surface area is 159 Å². The quantitative estimate of drug-likeness (QED) is 0.791. The van der Waals surface area contributed by atoms with Crippen LogP contribution in [0, 0.1) is 6.92 Å². The van der Waals surface area contributed by atoms with Crippen molar-refractivity contribution in [3.8, 4) is 11.5 Å². The van der Waals surface area contributed by atoms with E-state index in [-0.39, 0.29) is 5.91 Å². The Hall–Kier alpha value is -2.58. The molecule has 1 aromatic carbocycles. The first-order chi connectivity index (χ1) is 13.1. The number of amides is 1. The summed E-state index contributed by atoms with van der Waals surface area (Å²) in [6.45, 7) is 6.42. The maximum atomic E-state index is 12.1. The van der Waals surface area contributed by atoms with Crippen molar-refractivity contribution < 1.29 is 18.8 Å². The van der Waals surface area contributed by atoms with Gasteiger partial charge in [0.15, 0.2) is 5.82 Å². The van der Waals surface area contributed by atoms with Gasteiger partial charge in [0.2, 0.25) is 5.91 Å². The number of aromatic nitrogens is 1. The summed E-state index contributed by atoms with van der Waals surface area (Å²) in [5, 5.41) is 6.54. The average molecular weight is 374 g/mol. The van der Waals surface area contributed by atoms with Crippen LogP contribution in [0.1, 0.15) is 11.3 Å². The molecule has 1 saturated heterocycles. The molecule has 8 heteroatoms. The molecule has 0 atom stereocenters. The summed E-state index contributed by atoms with van der Waals surface area (Å²) in [7, 11) is 3.32. The van der Waals surface area contributed by atoms with E-state index in [4.69, 9.17) is 14.0 Å². The lowest BCUT2D eigenvalue weighted by Crippen LogP contribution is -2.48. The molecule has 1 fully saturated rings. The van der Waals surface area contributed by atoms with Crippen molar-refractivity contribution in [1.29, 1.82) is 0 Å². The van der Waals surface area contributed by atoms with Gasteiger partial charge in [0.05, 0.1) is 20.8 Å². The second-order valence-electron chi connectivity index (χ2n) is 6.60. The molecule has 2 aromatic rings. The van der Waals surface area contributed by atoms with Crippen molar-refractivity contribution in [1.82, 2.24) is 15.0 Å². The molecule has 3 rings (SSSR count). The Morgan fingerprint density at radius 3 is 2.52 bits per heavy atom. The first-order valence-electron chi connectivity index (χ1n) is 8.96. The van der Waals surface area contributed by atoms with Crippen LogP contribution in [0.4, 0.5) is 5.82 Å². The highest BCUT2D eigenvalue weighted by molar-refractivity contribution is 5.91. The molecule has 0 saturated carbocycles. The third-order valence-electron chi connectivity index (χ3n) is 4.62. The number of rotatable bonds is 7. The van der Waals surface area contributed by atoms with Crippen LogP contribution in [-0.4, -0.2) is 67.8 Å². The van der Waals surface area contributed by atoms with Gasteiger partial charge in [-0.3, -0.25) is 14.6 Å². The zero-order valence-corrected chi connectivity index (χ0v) is 16.0. The van der Waals surface area contributed by atoms with Crippen LogP contribution >= 0.6 is 0 Å². The topological polar surface area (TPSA) is 80.1 Å². The lowest BCUT2D eigenvalue weighted by atomic mass is 10.1. The molecule has 1 aliphatic rings. The second-order valence-corrected chi connectivity index (χ2v) is 6.60. The van der Waals surface area contributed by atoms with Crippen LogP contribution < -0.4 is 14.8 Å². The fraction of sp³-hybridized carbons (Fsp3) is 0.474. The van der Waals surface area contributed by atoms with E-state index in [2.05, 4.69) is 20.3 Å².